The van der Waals surface area contributed by atoms with Crippen LogP contribution in [-0.2, 0) is 16.6 Å². The highest BCUT2D eigenvalue weighted by molar-refractivity contribution is 5.68. The molecule has 8 N–H and O–H groups in total. The summed E-state index contributed by atoms with van der Waals surface area (Å²) >= 11 is 0. The van der Waals surface area contributed by atoms with Crippen molar-refractivity contribution in [2.24, 2.45) is 28.9 Å². The Morgan fingerprint density at radius 3 is 2.37 bits per heavy atom. The van der Waals surface area contributed by atoms with E-state index in [1.54, 1.807) is 0 Å². The van der Waals surface area contributed by atoms with Gasteiger partial charge in [0.2, 0.25) is 0 Å². The predicted octanol–water partition coefficient (Wildman–Crippen LogP) is 6.69. The van der Waals surface area contributed by atoms with Crippen LogP contribution in [0.3, 0.4) is 0 Å². The van der Waals surface area contributed by atoms with Crippen LogP contribution in [0.25, 0.3) is 0 Å². The molecule has 4 bridgehead atoms. The van der Waals surface area contributed by atoms with Crippen molar-refractivity contribution in [1.29, 1.82) is 0 Å². The first-order valence-electron chi connectivity index (χ1n) is 21.6. The average Bonchev–Trinajstić information content (AvgIpc) is 3.59. The maximum absolute atomic E-state index is 12.2. The van der Waals surface area contributed by atoms with Gasteiger partial charge in [-0.2, -0.15) is 0 Å². The molecule has 2 saturated heterocycles. The third kappa shape index (κ3) is 8.63. The van der Waals surface area contributed by atoms with Crippen LogP contribution in [0, 0.1) is 23.2 Å². The first kappa shape index (κ1) is 38.7. The van der Waals surface area contributed by atoms with E-state index in [4.69, 9.17) is 5.73 Å². The number of aliphatic hydroxyl groups is 2. The summed E-state index contributed by atoms with van der Waals surface area (Å²) in [5.74, 6) is 1.01. The van der Waals surface area contributed by atoms with Crippen LogP contribution >= 0.6 is 0 Å². The zero-order valence-electron chi connectivity index (χ0n) is 32.5. The number of hydrogen-bond acceptors (Lipinski definition) is 7. The van der Waals surface area contributed by atoms with E-state index in [1.165, 1.54) is 88.2 Å². The van der Waals surface area contributed by atoms with Crippen LogP contribution in [-0.4, -0.2) is 69.4 Å². The van der Waals surface area contributed by atoms with Crippen molar-refractivity contribution < 1.29 is 20.1 Å². The highest BCUT2D eigenvalue weighted by Gasteiger charge is 2.49. The second-order valence-electron chi connectivity index (χ2n) is 19.6. The van der Waals surface area contributed by atoms with Gasteiger partial charge in [0.15, 0.2) is 0 Å². The molecule has 2 spiro atoms. The fraction of sp³-hybridized carbons (Fsp3) is 0.841. The number of carboxylic acid groups (broad SMARTS) is 1. The molecule has 0 unspecified atom stereocenters. The lowest BCUT2D eigenvalue weighted by atomic mass is 9.60. The van der Waals surface area contributed by atoms with E-state index in [-0.39, 0.29) is 53.7 Å². The van der Waals surface area contributed by atoms with Gasteiger partial charge in [0, 0.05) is 35.6 Å². The summed E-state index contributed by atoms with van der Waals surface area (Å²) < 4.78 is 0. The van der Waals surface area contributed by atoms with E-state index in [2.05, 4.69) is 54.1 Å². The summed E-state index contributed by atoms with van der Waals surface area (Å²) in [6.45, 7) is 4.69. The third-order valence-electron chi connectivity index (χ3n) is 15.9. The SMILES string of the molecule is C[C@@H]1N[C@H]([C@@H]2CC[C@@H]3CCC4(CCCC4)CC[C@@](O)(CC(=O)O)CN[C@@]4(C)C[C@H](N[C@@H](N)C4)C4(CCCCC4)c4cccc(c4)C[C@@H]3C2)CC[C@H]1O. The standard InChI is InChI=1S/C44H72N4O4/c1-30-37(49)14-13-36(47-30)33-12-11-32-15-20-42(16-6-7-17-42)21-22-43(52,28-40(50)51)29-46-41(2)26-38(48-39(45)27-41)44(18-4-3-5-19-44)35-10-8-9-31(24-35)23-34(32)25-33/h8-10,24,30,32-34,36-39,46-49,52H,3-7,11-23,25-29,45H2,1-2H3,(H,50,51)/t30-,32+,33+,34+,36-,37+,38-,39+,41-,43+/m0/s1. The van der Waals surface area contributed by atoms with Gasteiger partial charge in [0.25, 0.3) is 0 Å². The number of aliphatic carboxylic acids is 1. The molecule has 1 aromatic carbocycles. The minimum absolute atomic E-state index is 0.00953. The number of hydrogen-bond donors (Lipinski definition) is 7. The quantitative estimate of drug-likeness (QED) is 0.183. The molecule has 3 saturated carbocycles. The number of fused-ring (bicyclic) bond motifs is 7. The van der Waals surface area contributed by atoms with E-state index in [0.717, 1.165) is 51.4 Å². The van der Waals surface area contributed by atoms with Crippen molar-refractivity contribution in [3.05, 3.63) is 35.4 Å². The molecule has 1 aromatic rings. The Balaban J connectivity index is 1.24. The van der Waals surface area contributed by atoms with E-state index < -0.39 is 11.6 Å². The highest BCUT2D eigenvalue weighted by atomic mass is 16.4. The van der Waals surface area contributed by atoms with Gasteiger partial charge in [-0.1, -0.05) is 56.4 Å². The molecule has 0 radical (unpaired) electrons. The van der Waals surface area contributed by atoms with Crippen molar-refractivity contribution in [3.8, 4) is 0 Å². The lowest BCUT2D eigenvalue weighted by molar-refractivity contribution is -0.143. The van der Waals surface area contributed by atoms with E-state index >= 15 is 0 Å². The summed E-state index contributed by atoms with van der Waals surface area (Å²) in [4.78, 5) is 12.2. The number of nitrogens with two attached hydrogens (primary N) is 1. The molecule has 52 heavy (non-hydrogen) atoms. The van der Waals surface area contributed by atoms with Gasteiger partial charge < -0.3 is 31.7 Å². The van der Waals surface area contributed by atoms with Gasteiger partial charge in [-0.3, -0.25) is 10.1 Å². The molecule has 0 aromatic heterocycles. The number of carbonyl (C=O) groups is 1. The van der Waals surface area contributed by atoms with Crippen molar-refractivity contribution >= 4 is 5.97 Å². The molecule has 7 rings (SSSR count). The Hall–Kier alpha value is -1.55. The number of β-amino-alcohol motifs (C(OH)–C–C–N with tert-alkyl or cyclic N) is 1. The first-order chi connectivity index (χ1) is 24.9. The Bertz CT molecular complexity index is 1360. The maximum atomic E-state index is 12.2. The molecule has 0 amide bonds. The number of carboxylic acids is 1. The minimum atomic E-state index is -1.30. The zero-order chi connectivity index (χ0) is 36.6. The van der Waals surface area contributed by atoms with E-state index in [0.29, 0.717) is 30.2 Å². The second kappa shape index (κ2) is 15.9. The molecule has 3 aliphatic heterocycles. The fourth-order valence-electron chi connectivity index (χ4n) is 12.7. The number of benzene rings is 1. The number of nitrogens with one attached hydrogen (secondary N) is 3. The smallest absolute Gasteiger partial charge is 0.306 e. The second-order valence-corrected chi connectivity index (χ2v) is 19.6. The fourth-order valence-corrected chi connectivity index (χ4v) is 12.7. The van der Waals surface area contributed by atoms with Crippen LogP contribution in [0.1, 0.15) is 160 Å². The third-order valence-corrected chi connectivity index (χ3v) is 15.9. The van der Waals surface area contributed by atoms with Crippen molar-refractivity contribution in [1.82, 2.24) is 16.0 Å². The Labute approximate surface area is 314 Å². The summed E-state index contributed by atoms with van der Waals surface area (Å²) in [6, 6.07) is 10.6. The number of piperidine rings is 2. The van der Waals surface area contributed by atoms with Gasteiger partial charge in [-0.25, -0.2) is 0 Å². The van der Waals surface area contributed by atoms with Crippen LogP contribution < -0.4 is 21.7 Å². The number of rotatable bonds is 3. The molecule has 292 valence electrons. The predicted molar refractivity (Wildman–Crippen MR) is 208 cm³/mol. The molecular formula is C44H72N4O4. The molecule has 3 heterocycles. The minimum Gasteiger partial charge on any atom is -0.481 e. The summed E-state index contributed by atoms with van der Waals surface area (Å²) in [5, 5.41) is 44.2. The van der Waals surface area contributed by atoms with Crippen LogP contribution in [0.4, 0.5) is 0 Å². The number of aliphatic hydroxyl groups excluding tert-OH is 1. The van der Waals surface area contributed by atoms with Gasteiger partial charge in [-0.05, 0) is 151 Å². The van der Waals surface area contributed by atoms with Crippen molar-refractivity contribution in [2.75, 3.05) is 6.54 Å². The monoisotopic (exact) mass is 721 g/mol. The van der Waals surface area contributed by atoms with Gasteiger partial charge in [0.05, 0.1) is 24.3 Å². The van der Waals surface area contributed by atoms with Crippen molar-refractivity contribution in [3.63, 3.8) is 0 Å². The Morgan fingerprint density at radius 1 is 0.865 bits per heavy atom. The van der Waals surface area contributed by atoms with Gasteiger partial charge in [-0.15, -0.1) is 0 Å². The largest absolute Gasteiger partial charge is 0.481 e. The summed E-state index contributed by atoms with van der Waals surface area (Å²) in [5.41, 5.74) is 8.39. The Kier molecular flexibility index (Phi) is 11.8. The molecule has 6 aliphatic rings. The normalized spacial score (nSPS) is 41.5. The van der Waals surface area contributed by atoms with E-state index in [1.807, 2.05) is 0 Å². The highest BCUT2D eigenvalue weighted by Crippen LogP contribution is 2.51. The van der Waals surface area contributed by atoms with Gasteiger partial charge in [0.1, 0.15) is 0 Å². The van der Waals surface area contributed by atoms with Crippen LogP contribution in [0.5, 0.6) is 0 Å². The van der Waals surface area contributed by atoms with Crippen LogP contribution in [0.2, 0.25) is 0 Å². The first-order valence-corrected chi connectivity index (χ1v) is 21.6. The molecular weight excluding hydrogens is 649 g/mol. The lowest BCUT2D eigenvalue weighted by Crippen LogP contribution is -2.67. The summed E-state index contributed by atoms with van der Waals surface area (Å²) in [7, 11) is 0. The maximum Gasteiger partial charge on any atom is 0.306 e. The van der Waals surface area contributed by atoms with Crippen molar-refractivity contribution in [2.45, 2.75) is 202 Å². The summed E-state index contributed by atoms with van der Waals surface area (Å²) in [6.07, 6.45) is 22.6. The molecule has 3 aliphatic carbocycles. The molecule has 8 nitrogen and oxygen atoms in total. The average molecular weight is 721 g/mol. The topological polar surface area (TPSA) is 140 Å². The zero-order valence-corrected chi connectivity index (χ0v) is 32.5. The molecule has 8 heteroatoms. The molecule has 10 atom stereocenters. The van der Waals surface area contributed by atoms with Crippen LogP contribution in [0.15, 0.2) is 24.3 Å². The molecule has 5 fully saturated rings. The Morgan fingerprint density at radius 2 is 1.62 bits per heavy atom. The van der Waals surface area contributed by atoms with E-state index in [9.17, 15) is 20.1 Å². The lowest BCUT2D eigenvalue weighted by Gasteiger charge is -2.53. The van der Waals surface area contributed by atoms with Gasteiger partial charge >= 0.3 is 5.97 Å².